The first-order chi connectivity index (χ1) is 6.86. The van der Waals surface area contributed by atoms with Crippen LogP contribution in [0, 0.1) is 11.8 Å². The van der Waals surface area contributed by atoms with Crippen molar-refractivity contribution in [3.63, 3.8) is 0 Å². The Labute approximate surface area is 113 Å². The van der Waals surface area contributed by atoms with Gasteiger partial charge >= 0.3 is 114 Å². The Balaban J connectivity index is 0.00000112. The van der Waals surface area contributed by atoms with E-state index in [4.69, 9.17) is 12.6 Å². The van der Waals surface area contributed by atoms with Crippen LogP contribution in [0.4, 0.5) is 0 Å². The molecule has 0 spiro atoms. The molecule has 0 amide bonds. The second kappa shape index (κ2) is 6.24. The Bertz CT molecular complexity index is 479. The molecule has 1 heterocycles. The molecule has 68 valence electrons. The fourth-order valence-corrected chi connectivity index (χ4v) is 2.95. The Morgan fingerprint density at radius 2 is 1.73 bits per heavy atom. The Morgan fingerprint density at radius 1 is 1.00 bits per heavy atom. The van der Waals surface area contributed by atoms with E-state index >= 15 is 0 Å². The van der Waals surface area contributed by atoms with Crippen LogP contribution in [0.2, 0.25) is 0 Å². The molecule has 0 unspecified atom stereocenters. The van der Waals surface area contributed by atoms with Crippen molar-refractivity contribution in [3.05, 3.63) is 51.3 Å². The molecule has 1 aromatic heterocycles. The summed E-state index contributed by atoms with van der Waals surface area (Å²) in [4.78, 5) is 5.12. The van der Waals surface area contributed by atoms with Gasteiger partial charge in [0.15, 0.2) is 0 Å². The van der Waals surface area contributed by atoms with E-state index < -0.39 is 0 Å². The molecule has 15 heavy (non-hydrogen) atoms. The summed E-state index contributed by atoms with van der Waals surface area (Å²) in [6.07, 6.45) is 0. The van der Waals surface area contributed by atoms with Gasteiger partial charge in [-0.3, -0.25) is 0 Å². The first-order valence-corrected chi connectivity index (χ1v) is 6.55. The third-order valence-electron chi connectivity index (χ3n) is 1.74. The quantitative estimate of drug-likeness (QED) is 0.338. The second-order valence-corrected chi connectivity index (χ2v) is 4.77. The summed E-state index contributed by atoms with van der Waals surface area (Å²) < 4.78 is 0. The molecular weight excluding hydrogens is 262 g/mol. The summed E-state index contributed by atoms with van der Waals surface area (Å²) in [7, 11) is 0. The van der Waals surface area contributed by atoms with E-state index in [0.717, 1.165) is 16.0 Å². The van der Waals surface area contributed by atoms with E-state index in [2.05, 4.69) is 21.7 Å². The van der Waals surface area contributed by atoms with E-state index in [0.29, 0.717) is 14.5 Å². The van der Waals surface area contributed by atoms with Gasteiger partial charge in [-0.15, -0.1) is 0 Å². The maximum absolute atomic E-state index is 5.15. The molecule has 2 rings (SSSR count). The van der Waals surface area contributed by atoms with Crippen molar-refractivity contribution >= 4 is 27.1 Å². The average molecular weight is 269 g/mol. The van der Waals surface area contributed by atoms with Gasteiger partial charge in [0, 0.05) is 0 Å². The van der Waals surface area contributed by atoms with Crippen molar-refractivity contribution in [3.8, 4) is 11.8 Å². The molecule has 0 atom stereocenters. The van der Waals surface area contributed by atoms with Crippen molar-refractivity contribution in [1.82, 2.24) is 0 Å². The van der Waals surface area contributed by atoms with Gasteiger partial charge < -0.3 is 0 Å². The molecule has 0 aliphatic heterocycles. The van der Waals surface area contributed by atoms with Crippen LogP contribution in [-0.2, 0) is 12.6 Å². The molecule has 1 aromatic carbocycles. The molecule has 0 nitrogen and oxygen atoms in total. The van der Waals surface area contributed by atoms with Crippen molar-refractivity contribution in [2.45, 2.75) is 4.90 Å². The summed E-state index contributed by atoms with van der Waals surface area (Å²) in [6, 6.07) is 9.96. The molecule has 0 aliphatic carbocycles. The van der Waals surface area contributed by atoms with Crippen LogP contribution in [0.15, 0.2) is 45.1 Å². The molecule has 0 radical (unpaired) electrons. The standard InChI is InChI=1S/C12H8SSe.Li/c13-12-9-14-8-11(12)7-6-10-4-2-1-3-5-10;/h1-5,8-9,13H;/q;+1/p-1. The zero-order chi connectivity index (χ0) is 9.80. The third-order valence-corrected chi connectivity index (χ3v) is 3.98. The SMILES string of the molecule is [Li+].[S-]c1c[se]cc1C#Cc1ccccc1. The number of hydrogen-bond acceptors (Lipinski definition) is 1. The van der Waals surface area contributed by atoms with Gasteiger partial charge in [-0.05, 0) is 0 Å². The van der Waals surface area contributed by atoms with Gasteiger partial charge in [0.1, 0.15) is 0 Å². The summed E-state index contributed by atoms with van der Waals surface area (Å²) >= 11 is 5.57. The third kappa shape index (κ3) is 3.58. The van der Waals surface area contributed by atoms with Crippen LogP contribution in [0.3, 0.4) is 0 Å². The fourth-order valence-electron chi connectivity index (χ4n) is 1.04. The predicted octanol–water partition coefficient (Wildman–Crippen LogP) is -0.947. The van der Waals surface area contributed by atoms with Crippen LogP contribution in [0.1, 0.15) is 11.1 Å². The van der Waals surface area contributed by atoms with Crippen LogP contribution in [0.25, 0.3) is 0 Å². The van der Waals surface area contributed by atoms with Crippen LogP contribution < -0.4 is 18.9 Å². The zero-order valence-corrected chi connectivity index (χ0v) is 10.9. The van der Waals surface area contributed by atoms with Gasteiger partial charge in [-0.25, -0.2) is 0 Å². The first-order valence-electron chi connectivity index (χ1n) is 4.16. The summed E-state index contributed by atoms with van der Waals surface area (Å²) in [5.74, 6) is 6.20. The molecule has 0 aliphatic rings. The molecule has 0 saturated carbocycles. The van der Waals surface area contributed by atoms with E-state index in [1.807, 2.05) is 30.3 Å². The fraction of sp³-hybridized carbons (Fsp3) is 0. The van der Waals surface area contributed by atoms with E-state index in [9.17, 15) is 0 Å². The Morgan fingerprint density at radius 3 is 2.33 bits per heavy atom. The van der Waals surface area contributed by atoms with Crippen molar-refractivity contribution in [2.24, 2.45) is 0 Å². The predicted molar refractivity (Wildman–Crippen MR) is 61.4 cm³/mol. The minimum atomic E-state index is 0. The topological polar surface area (TPSA) is 0 Å². The normalized spacial score (nSPS) is 8.53. The molecule has 0 N–H and O–H groups in total. The van der Waals surface area contributed by atoms with Gasteiger partial charge in [-0.2, -0.15) is 0 Å². The van der Waals surface area contributed by atoms with Gasteiger partial charge in [0.05, 0.1) is 0 Å². The molecule has 0 fully saturated rings. The van der Waals surface area contributed by atoms with Gasteiger partial charge in [-0.1, -0.05) is 0 Å². The Hall–Kier alpha value is -0.403. The summed E-state index contributed by atoms with van der Waals surface area (Å²) in [5.41, 5.74) is 2.06. The monoisotopic (exact) mass is 270 g/mol. The van der Waals surface area contributed by atoms with Gasteiger partial charge in [0.25, 0.3) is 0 Å². The van der Waals surface area contributed by atoms with Crippen molar-refractivity contribution in [2.75, 3.05) is 0 Å². The maximum atomic E-state index is 5.15. The van der Waals surface area contributed by atoms with Gasteiger partial charge in [0.2, 0.25) is 0 Å². The van der Waals surface area contributed by atoms with E-state index in [1.165, 1.54) is 0 Å². The first kappa shape index (κ1) is 12.7. The number of hydrogen-bond donors (Lipinski definition) is 0. The molecular formula is C12H7LiSSe. The summed E-state index contributed by atoms with van der Waals surface area (Å²) in [5, 5.41) is 0. The van der Waals surface area contributed by atoms with Crippen LogP contribution in [0.5, 0.6) is 0 Å². The molecule has 0 bridgehead atoms. The van der Waals surface area contributed by atoms with E-state index in [-0.39, 0.29) is 18.9 Å². The molecule has 3 heteroatoms. The average Bonchev–Trinajstić information content (AvgIpc) is 2.63. The molecule has 2 aromatic rings. The summed E-state index contributed by atoms with van der Waals surface area (Å²) in [6.45, 7) is 0. The van der Waals surface area contributed by atoms with Crippen LogP contribution >= 0.6 is 0 Å². The number of benzene rings is 1. The Kier molecular flexibility index (Phi) is 5.27. The second-order valence-electron chi connectivity index (χ2n) is 2.77. The zero-order valence-electron chi connectivity index (χ0n) is 8.36. The number of rotatable bonds is 0. The minimum absolute atomic E-state index is 0. The molecule has 0 saturated heterocycles. The van der Waals surface area contributed by atoms with Crippen molar-refractivity contribution in [1.29, 1.82) is 0 Å². The van der Waals surface area contributed by atoms with Crippen LogP contribution in [-0.4, -0.2) is 14.5 Å². The van der Waals surface area contributed by atoms with E-state index in [1.54, 1.807) is 0 Å². The van der Waals surface area contributed by atoms with Crippen molar-refractivity contribution < 1.29 is 18.9 Å².